The molecule has 0 spiro atoms. The van der Waals surface area contributed by atoms with E-state index >= 15 is 0 Å². The van der Waals surface area contributed by atoms with Gasteiger partial charge in [-0.2, -0.15) is 13.2 Å². The van der Waals surface area contributed by atoms with Crippen LogP contribution < -0.4 is 10.1 Å². The van der Waals surface area contributed by atoms with Gasteiger partial charge < -0.3 is 20.1 Å². The second kappa shape index (κ2) is 17.1. The number of ether oxygens (including phenoxy) is 1. The number of aromatic nitrogens is 2. The third-order valence-corrected chi connectivity index (χ3v) is 19.4. The van der Waals surface area contributed by atoms with E-state index in [1.807, 2.05) is 0 Å². The number of nitrogens with zero attached hydrogens (tertiary/aromatic N) is 3. The molecule has 0 bridgehead atoms. The van der Waals surface area contributed by atoms with Crippen LogP contribution in [0.4, 0.5) is 13.2 Å². The number of allylic oxidation sites excluding steroid dienone is 6. The number of aliphatic carboxylic acids is 1. The van der Waals surface area contributed by atoms with E-state index in [-0.39, 0.29) is 52.2 Å². The highest BCUT2D eigenvalue weighted by atomic mass is 32.2. The van der Waals surface area contributed by atoms with Crippen molar-refractivity contribution in [1.82, 2.24) is 20.0 Å². The average molecular weight is 887 g/mol. The van der Waals surface area contributed by atoms with Crippen molar-refractivity contribution in [3.05, 3.63) is 59.9 Å². The number of aryl methyl sites for hydroxylation is 1. The molecule has 1 aromatic heterocycles. The molecule has 0 amide bonds. The molecule has 2 heterocycles. The van der Waals surface area contributed by atoms with Gasteiger partial charge in [0, 0.05) is 44.8 Å². The summed E-state index contributed by atoms with van der Waals surface area (Å²) in [4.78, 5) is 15.1. The summed E-state index contributed by atoms with van der Waals surface area (Å²) in [7, 11) is -1.72. The normalized spacial score (nSPS) is 37.5. The van der Waals surface area contributed by atoms with Gasteiger partial charge in [-0.3, -0.25) is 9.48 Å². The molecule has 1 aliphatic heterocycles. The standard InChI is InChI=1S/C49H73F3N4O5S/c1-9-35-15-23-48(53-25-26-56-27-29-62(59,60)30-28-56)24-16-36(33(2)3)38(48)11-10-12-40-45(35,6)20-18-39-44(4,5)37(17-19-46(39,40)7)34-13-21-47(22-14-34,43(57)58)32-61-42-31-41(49(50,51)52)55(8)54-42/h9,13,17,31,35-36,38-40,53H,1-2,10-12,14-16,18-30,32H2,3-8H3,(H,57,58)/t35-,36+,38?,39?,40?,45+,46+,47?,48-/m1/s1. The third kappa shape index (κ3) is 8.65. The van der Waals surface area contributed by atoms with Crippen molar-refractivity contribution in [2.45, 2.75) is 130 Å². The largest absolute Gasteiger partial charge is 0.481 e. The Morgan fingerprint density at radius 3 is 2.32 bits per heavy atom. The number of carboxylic acid groups (broad SMARTS) is 1. The van der Waals surface area contributed by atoms with Gasteiger partial charge in [0.05, 0.1) is 11.5 Å². The van der Waals surface area contributed by atoms with Crippen molar-refractivity contribution >= 4 is 15.8 Å². The quantitative estimate of drug-likeness (QED) is 0.211. The Morgan fingerprint density at radius 1 is 1.00 bits per heavy atom. The van der Waals surface area contributed by atoms with Gasteiger partial charge >= 0.3 is 12.1 Å². The molecule has 4 unspecified atom stereocenters. The number of carbonyl (C=O) groups is 1. The van der Waals surface area contributed by atoms with Crippen LogP contribution in [0.3, 0.4) is 0 Å². The second-order valence-electron chi connectivity index (χ2n) is 21.5. The Bertz CT molecular complexity index is 2050. The third-order valence-electron chi connectivity index (χ3n) is 17.8. The summed E-state index contributed by atoms with van der Waals surface area (Å²) in [5.74, 6) is 1.55. The number of carboxylic acids is 1. The Balaban J connectivity index is 1.09. The van der Waals surface area contributed by atoms with Crippen molar-refractivity contribution in [3.63, 3.8) is 0 Å². The molecule has 0 radical (unpaired) electrons. The fourth-order valence-electron chi connectivity index (χ4n) is 14.3. The summed E-state index contributed by atoms with van der Waals surface area (Å²) in [6.45, 7) is 23.9. The van der Waals surface area contributed by atoms with E-state index in [1.54, 1.807) is 0 Å². The van der Waals surface area contributed by atoms with Gasteiger partial charge in [0.25, 0.3) is 0 Å². The first kappa shape index (κ1) is 47.1. The summed E-state index contributed by atoms with van der Waals surface area (Å²) in [5, 5.41) is 18.5. The Morgan fingerprint density at radius 2 is 1.71 bits per heavy atom. The maximum absolute atomic E-state index is 13.4. The highest BCUT2D eigenvalue weighted by Gasteiger charge is 2.61. The van der Waals surface area contributed by atoms with Crippen molar-refractivity contribution in [2.24, 2.45) is 58.3 Å². The molecule has 5 aliphatic carbocycles. The van der Waals surface area contributed by atoms with Crippen LogP contribution in [0.15, 0.2) is 54.2 Å². The number of rotatable bonds is 11. The summed E-state index contributed by atoms with van der Waals surface area (Å²) < 4.78 is 70.8. The lowest BCUT2D eigenvalue weighted by Gasteiger charge is -2.64. The van der Waals surface area contributed by atoms with Crippen LogP contribution in [0.1, 0.15) is 124 Å². The Hall–Kier alpha value is -2.90. The number of alkyl halides is 3. The van der Waals surface area contributed by atoms with Crippen molar-refractivity contribution in [3.8, 4) is 5.88 Å². The molecule has 13 heteroatoms. The molecule has 7 rings (SSSR count). The van der Waals surface area contributed by atoms with Gasteiger partial charge in [0.15, 0.2) is 9.84 Å². The second-order valence-corrected chi connectivity index (χ2v) is 23.8. The van der Waals surface area contributed by atoms with E-state index < -0.39 is 33.1 Å². The molecule has 62 heavy (non-hydrogen) atoms. The first-order valence-corrected chi connectivity index (χ1v) is 25.2. The fraction of sp³-hybridized carbons (Fsp3) is 0.755. The topological polar surface area (TPSA) is 114 Å². The lowest BCUT2D eigenvalue weighted by molar-refractivity contribution is -0.151. The van der Waals surface area contributed by atoms with Crippen LogP contribution in [0, 0.1) is 51.2 Å². The van der Waals surface area contributed by atoms with Crippen molar-refractivity contribution in [2.75, 3.05) is 44.3 Å². The molecule has 2 N–H and O–H groups in total. The molecule has 9 atom stereocenters. The van der Waals surface area contributed by atoms with Crippen LogP contribution in [0.2, 0.25) is 0 Å². The zero-order chi connectivity index (χ0) is 45.1. The van der Waals surface area contributed by atoms with E-state index in [2.05, 4.69) is 81.3 Å². The lowest BCUT2D eigenvalue weighted by Crippen LogP contribution is -2.57. The molecule has 0 aromatic carbocycles. The zero-order valence-electron chi connectivity index (χ0n) is 38.2. The number of halogens is 3. The smallest absolute Gasteiger partial charge is 0.433 e. The van der Waals surface area contributed by atoms with E-state index in [1.165, 1.54) is 23.8 Å². The molecule has 1 saturated heterocycles. The van der Waals surface area contributed by atoms with E-state index in [0.717, 1.165) is 83.4 Å². The van der Waals surface area contributed by atoms with Crippen molar-refractivity contribution < 1.29 is 36.2 Å². The number of fused-ring (bicyclic) bond motifs is 4. The number of sulfone groups is 1. The monoisotopic (exact) mass is 887 g/mol. The van der Waals surface area contributed by atoms with E-state index in [9.17, 15) is 31.5 Å². The van der Waals surface area contributed by atoms with E-state index in [4.69, 9.17) is 4.74 Å². The SMILES string of the molecule is C=C[C@@H]1CC[C@@]2(NCCN3CCS(=O)(=O)CC3)CC[C@@H](C(=C)C)C2CCCC2[C@@]3(C)CC=C(C4=CCC(COc5cc(C(F)(F)F)n(C)n5)(C(=O)O)CC4)C(C)(C)C3CC[C@]21C. The van der Waals surface area contributed by atoms with Gasteiger partial charge in [-0.05, 0) is 141 Å². The van der Waals surface area contributed by atoms with Crippen LogP contribution in [-0.4, -0.2) is 84.0 Å². The number of hydrogen-bond donors (Lipinski definition) is 2. The highest BCUT2D eigenvalue weighted by molar-refractivity contribution is 7.91. The van der Waals surface area contributed by atoms with Gasteiger partial charge in [-0.25, -0.2) is 8.42 Å². The minimum Gasteiger partial charge on any atom is -0.481 e. The molecule has 4 fully saturated rings. The van der Waals surface area contributed by atoms with Gasteiger partial charge in [0.1, 0.15) is 17.7 Å². The van der Waals surface area contributed by atoms with Crippen LogP contribution in [-0.2, 0) is 27.9 Å². The van der Waals surface area contributed by atoms with Crippen molar-refractivity contribution in [1.29, 1.82) is 0 Å². The Labute approximate surface area is 369 Å². The van der Waals surface area contributed by atoms with Gasteiger partial charge in [-0.15, -0.1) is 11.7 Å². The Kier molecular flexibility index (Phi) is 13.0. The fourth-order valence-corrected chi connectivity index (χ4v) is 15.6. The molecule has 346 valence electrons. The summed E-state index contributed by atoms with van der Waals surface area (Å²) in [6, 6.07) is 0.827. The van der Waals surface area contributed by atoms with Crippen LogP contribution >= 0.6 is 0 Å². The minimum atomic E-state index is -4.59. The van der Waals surface area contributed by atoms with E-state index in [0.29, 0.717) is 60.2 Å². The summed E-state index contributed by atoms with van der Waals surface area (Å²) >= 11 is 0. The molecular formula is C49H73F3N4O5S. The van der Waals surface area contributed by atoms with Crippen LogP contribution in [0.5, 0.6) is 5.88 Å². The first-order chi connectivity index (χ1) is 29.0. The number of hydrogen-bond acceptors (Lipinski definition) is 7. The molecule has 6 aliphatic rings. The molecular weight excluding hydrogens is 814 g/mol. The summed E-state index contributed by atoms with van der Waals surface area (Å²) in [6.07, 6.45) is 14.5. The minimum absolute atomic E-state index is 0.0225. The van der Waals surface area contributed by atoms with Gasteiger partial charge in [0.2, 0.25) is 5.88 Å². The predicted octanol–water partition coefficient (Wildman–Crippen LogP) is 9.82. The molecule has 3 saturated carbocycles. The summed E-state index contributed by atoms with van der Waals surface area (Å²) in [5.41, 5.74) is 1.62. The maximum atomic E-state index is 13.4. The molecule has 9 nitrogen and oxygen atoms in total. The predicted molar refractivity (Wildman–Crippen MR) is 238 cm³/mol. The maximum Gasteiger partial charge on any atom is 0.433 e. The lowest BCUT2D eigenvalue weighted by atomic mass is 9.40. The first-order valence-electron chi connectivity index (χ1n) is 23.3. The molecule has 1 aromatic rings. The van der Waals surface area contributed by atoms with Gasteiger partial charge in [-0.1, -0.05) is 64.5 Å². The zero-order valence-corrected chi connectivity index (χ0v) is 39.0. The number of nitrogens with one attached hydrogen (secondary N) is 1. The average Bonchev–Trinajstić information content (AvgIpc) is 3.76. The highest BCUT2D eigenvalue weighted by Crippen LogP contribution is 2.69. The van der Waals surface area contributed by atoms with Crippen LogP contribution in [0.25, 0.3) is 0 Å².